The molecule has 0 spiro atoms. The summed E-state index contributed by atoms with van der Waals surface area (Å²) in [6.07, 6.45) is 0. The molecule has 0 saturated heterocycles. The largest absolute Gasteiger partial charge is 0.399 e. The number of thioether (sulfide) groups is 1. The van der Waals surface area contributed by atoms with Gasteiger partial charge >= 0.3 is 0 Å². The van der Waals surface area contributed by atoms with Gasteiger partial charge in [-0.2, -0.15) is 0 Å². The van der Waals surface area contributed by atoms with Crippen molar-refractivity contribution in [3.63, 3.8) is 0 Å². The minimum atomic E-state index is -0.464. The maximum Gasteiger partial charge on any atom is 0.234 e. The maximum absolute atomic E-state index is 13.5. The second kappa shape index (κ2) is 6.58. The van der Waals surface area contributed by atoms with Gasteiger partial charge < -0.3 is 11.1 Å². The van der Waals surface area contributed by atoms with E-state index in [9.17, 15) is 13.6 Å². The number of carbonyl (C=O) groups is 1. The molecule has 21 heavy (non-hydrogen) atoms. The molecule has 0 saturated carbocycles. The highest BCUT2D eigenvalue weighted by Crippen LogP contribution is 2.23. The number of hydrogen-bond acceptors (Lipinski definition) is 3. The third-order valence-electron chi connectivity index (χ3n) is 2.77. The first-order chi connectivity index (χ1) is 9.95. The highest BCUT2D eigenvalue weighted by Gasteiger charge is 2.08. The standard InChI is InChI=1S/C15H14F2N2OS/c1-9-2-4-11(7-12(9)16)19-15(20)8-21-14-5-3-10(18)6-13(14)17/h2-7H,8,18H2,1H3,(H,19,20). The molecule has 2 aromatic carbocycles. The molecule has 0 aliphatic heterocycles. The molecule has 0 atom stereocenters. The van der Waals surface area contributed by atoms with Gasteiger partial charge in [0.2, 0.25) is 5.91 Å². The van der Waals surface area contributed by atoms with Crippen LogP contribution in [0.2, 0.25) is 0 Å². The fourth-order valence-corrected chi connectivity index (χ4v) is 2.36. The molecule has 6 heteroatoms. The van der Waals surface area contributed by atoms with E-state index < -0.39 is 5.82 Å². The van der Waals surface area contributed by atoms with Crippen molar-refractivity contribution in [3.05, 3.63) is 53.6 Å². The van der Waals surface area contributed by atoms with Crippen LogP contribution in [0.15, 0.2) is 41.3 Å². The number of nitrogens with one attached hydrogen (secondary N) is 1. The lowest BCUT2D eigenvalue weighted by atomic mass is 10.2. The summed E-state index contributed by atoms with van der Waals surface area (Å²) in [6.45, 7) is 1.64. The monoisotopic (exact) mass is 308 g/mol. The van der Waals surface area contributed by atoms with Crippen LogP contribution in [-0.4, -0.2) is 11.7 Å². The van der Waals surface area contributed by atoms with Crippen molar-refractivity contribution >= 4 is 29.0 Å². The van der Waals surface area contributed by atoms with Gasteiger partial charge in [-0.3, -0.25) is 4.79 Å². The summed E-state index contributed by atoms with van der Waals surface area (Å²) in [7, 11) is 0. The van der Waals surface area contributed by atoms with E-state index in [1.165, 1.54) is 18.2 Å². The zero-order valence-corrected chi connectivity index (χ0v) is 12.1. The van der Waals surface area contributed by atoms with Crippen LogP contribution in [0.4, 0.5) is 20.2 Å². The lowest BCUT2D eigenvalue weighted by molar-refractivity contribution is -0.113. The third-order valence-corrected chi connectivity index (χ3v) is 3.82. The van der Waals surface area contributed by atoms with Crippen LogP contribution in [0, 0.1) is 18.6 Å². The Balaban J connectivity index is 1.94. The molecule has 2 rings (SSSR count). The summed E-state index contributed by atoms with van der Waals surface area (Å²) in [5.74, 6) is -1.16. The fraction of sp³-hybridized carbons (Fsp3) is 0.133. The number of anilines is 2. The van der Waals surface area contributed by atoms with Crippen molar-refractivity contribution in [2.75, 3.05) is 16.8 Å². The minimum absolute atomic E-state index is 0.0241. The Morgan fingerprint density at radius 1 is 1.19 bits per heavy atom. The Kier molecular flexibility index (Phi) is 4.80. The number of rotatable bonds is 4. The Labute approximate surface area is 125 Å². The van der Waals surface area contributed by atoms with Gasteiger partial charge in [0.05, 0.1) is 5.75 Å². The Bertz CT molecular complexity index is 677. The first-order valence-corrected chi connectivity index (χ1v) is 7.18. The number of benzene rings is 2. The van der Waals surface area contributed by atoms with Crippen molar-refractivity contribution < 1.29 is 13.6 Å². The van der Waals surface area contributed by atoms with Crippen molar-refractivity contribution in [2.45, 2.75) is 11.8 Å². The molecular weight excluding hydrogens is 294 g/mol. The highest BCUT2D eigenvalue weighted by molar-refractivity contribution is 8.00. The molecule has 0 unspecified atom stereocenters. The van der Waals surface area contributed by atoms with Crippen molar-refractivity contribution in [1.29, 1.82) is 0 Å². The first kappa shape index (κ1) is 15.3. The molecule has 0 fully saturated rings. The van der Waals surface area contributed by atoms with Crippen molar-refractivity contribution in [3.8, 4) is 0 Å². The number of aryl methyl sites for hydroxylation is 1. The van der Waals surface area contributed by atoms with E-state index in [1.54, 1.807) is 25.1 Å². The fourth-order valence-electron chi connectivity index (χ4n) is 1.65. The van der Waals surface area contributed by atoms with Gasteiger partial charge in [-0.25, -0.2) is 8.78 Å². The summed E-state index contributed by atoms with van der Waals surface area (Å²) >= 11 is 1.05. The predicted octanol–water partition coefficient (Wildman–Crippen LogP) is 3.59. The molecule has 2 aromatic rings. The number of hydrogen-bond donors (Lipinski definition) is 2. The normalized spacial score (nSPS) is 10.4. The molecule has 3 nitrogen and oxygen atoms in total. The second-order valence-electron chi connectivity index (χ2n) is 4.49. The van der Waals surface area contributed by atoms with Gasteiger partial charge in [0.1, 0.15) is 11.6 Å². The van der Waals surface area contributed by atoms with E-state index in [-0.39, 0.29) is 17.5 Å². The molecule has 110 valence electrons. The molecule has 3 N–H and O–H groups in total. The number of nitrogen functional groups attached to an aromatic ring is 1. The molecule has 0 radical (unpaired) electrons. The molecule has 0 aliphatic carbocycles. The number of nitrogens with two attached hydrogens (primary N) is 1. The van der Waals surface area contributed by atoms with E-state index in [0.717, 1.165) is 11.8 Å². The van der Waals surface area contributed by atoms with Crippen LogP contribution in [0.5, 0.6) is 0 Å². The van der Waals surface area contributed by atoms with E-state index >= 15 is 0 Å². The molecule has 0 aromatic heterocycles. The average Bonchev–Trinajstić information content (AvgIpc) is 2.42. The lowest BCUT2D eigenvalue weighted by Gasteiger charge is -2.07. The summed E-state index contributed by atoms with van der Waals surface area (Å²) in [5, 5.41) is 2.56. The van der Waals surface area contributed by atoms with Gasteiger partial charge in [-0.05, 0) is 42.8 Å². The second-order valence-corrected chi connectivity index (χ2v) is 5.51. The van der Waals surface area contributed by atoms with Crippen LogP contribution in [0.25, 0.3) is 0 Å². The molecule has 0 aliphatic rings. The maximum atomic E-state index is 13.5. The number of carbonyl (C=O) groups excluding carboxylic acids is 1. The molecule has 0 bridgehead atoms. The van der Waals surface area contributed by atoms with Crippen molar-refractivity contribution in [2.24, 2.45) is 0 Å². The predicted molar refractivity (Wildman–Crippen MR) is 81.3 cm³/mol. The zero-order chi connectivity index (χ0) is 15.4. The van der Waals surface area contributed by atoms with Gasteiger partial charge in [-0.15, -0.1) is 11.8 Å². The van der Waals surface area contributed by atoms with Crippen LogP contribution in [-0.2, 0) is 4.79 Å². The Morgan fingerprint density at radius 2 is 1.95 bits per heavy atom. The summed E-state index contributed by atoms with van der Waals surface area (Å²) in [6, 6.07) is 8.74. The molecule has 0 heterocycles. The first-order valence-electron chi connectivity index (χ1n) is 6.19. The van der Waals surface area contributed by atoms with E-state index in [1.807, 2.05) is 0 Å². The third kappa shape index (κ3) is 4.19. The number of halogens is 2. The smallest absolute Gasteiger partial charge is 0.234 e. The van der Waals surface area contributed by atoms with E-state index in [0.29, 0.717) is 21.8 Å². The molecule has 1 amide bonds. The van der Waals surface area contributed by atoms with Crippen LogP contribution in [0.1, 0.15) is 5.56 Å². The topological polar surface area (TPSA) is 55.1 Å². The van der Waals surface area contributed by atoms with E-state index in [2.05, 4.69) is 5.32 Å². The highest BCUT2D eigenvalue weighted by atomic mass is 32.2. The minimum Gasteiger partial charge on any atom is -0.399 e. The van der Waals surface area contributed by atoms with Crippen LogP contribution in [0.3, 0.4) is 0 Å². The van der Waals surface area contributed by atoms with Gasteiger partial charge in [0.15, 0.2) is 0 Å². The van der Waals surface area contributed by atoms with Crippen LogP contribution >= 0.6 is 11.8 Å². The summed E-state index contributed by atoms with van der Waals surface area (Å²) < 4.78 is 26.9. The quantitative estimate of drug-likeness (QED) is 0.670. The number of amides is 1. The lowest BCUT2D eigenvalue weighted by Crippen LogP contribution is -2.14. The van der Waals surface area contributed by atoms with Gasteiger partial charge in [-0.1, -0.05) is 6.07 Å². The van der Waals surface area contributed by atoms with Gasteiger partial charge in [0, 0.05) is 16.3 Å². The zero-order valence-electron chi connectivity index (χ0n) is 11.3. The Hall–Kier alpha value is -2.08. The average molecular weight is 308 g/mol. The molecular formula is C15H14F2N2OS. The van der Waals surface area contributed by atoms with Gasteiger partial charge in [0.25, 0.3) is 0 Å². The summed E-state index contributed by atoms with van der Waals surface area (Å²) in [4.78, 5) is 12.1. The Morgan fingerprint density at radius 3 is 2.62 bits per heavy atom. The van der Waals surface area contributed by atoms with Crippen molar-refractivity contribution in [1.82, 2.24) is 0 Å². The SMILES string of the molecule is Cc1ccc(NC(=O)CSc2ccc(N)cc2F)cc1F. The summed E-state index contributed by atoms with van der Waals surface area (Å²) in [5.41, 5.74) is 6.66. The van der Waals surface area contributed by atoms with Crippen LogP contribution < -0.4 is 11.1 Å². The van der Waals surface area contributed by atoms with E-state index in [4.69, 9.17) is 5.73 Å².